The second-order valence-corrected chi connectivity index (χ2v) is 6.96. The lowest BCUT2D eigenvalue weighted by atomic mass is 10.00. The van der Waals surface area contributed by atoms with Crippen LogP contribution in [0.4, 0.5) is 14.5 Å². The van der Waals surface area contributed by atoms with Gasteiger partial charge in [-0.3, -0.25) is 9.59 Å². The van der Waals surface area contributed by atoms with Crippen LogP contribution in [0.2, 0.25) is 0 Å². The average molecular weight is 425 g/mol. The normalized spacial score (nSPS) is 17.6. The standard InChI is InChI=1S/C18H15ClF2N4O4/c19-18(20,21)17-24-16(25-29-17)10-3-1-9(2-4-10)7-23-13-12(14(26)15(13)27)11-8-22-5-6-28-11/h1-4,11,22-23H,5-8H2. The molecule has 11 heteroatoms. The third-order valence-corrected chi connectivity index (χ3v) is 4.71. The van der Waals surface area contributed by atoms with E-state index in [-0.39, 0.29) is 18.1 Å². The highest BCUT2D eigenvalue weighted by atomic mass is 35.5. The molecule has 1 unspecified atom stereocenters. The maximum absolute atomic E-state index is 13.0. The second kappa shape index (κ2) is 7.62. The van der Waals surface area contributed by atoms with Crippen LogP contribution in [0.3, 0.4) is 0 Å². The first kappa shape index (κ1) is 19.6. The van der Waals surface area contributed by atoms with Crippen molar-refractivity contribution in [3.8, 4) is 11.4 Å². The summed E-state index contributed by atoms with van der Waals surface area (Å²) >= 11 is 4.86. The van der Waals surface area contributed by atoms with Crippen molar-refractivity contribution >= 4 is 17.3 Å². The second-order valence-electron chi connectivity index (χ2n) is 6.48. The van der Waals surface area contributed by atoms with Gasteiger partial charge in [-0.05, 0) is 17.2 Å². The molecule has 1 saturated heterocycles. The fourth-order valence-corrected chi connectivity index (χ4v) is 3.14. The molecule has 0 saturated carbocycles. The first-order chi connectivity index (χ1) is 13.8. The van der Waals surface area contributed by atoms with Gasteiger partial charge < -0.3 is 19.9 Å². The zero-order valence-corrected chi connectivity index (χ0v) is 15.6. The molecule has 0 amide bonds. The number of hydrogen-bond donors (Lipinski definition) is 2. The minimum atomic E-state index is -3.73. The molecule has 0 radical (unpaired) electrons. The quantitative estimate of drug-likeness (QED) is 0.456. The molecule has 1 aliphatic heterocycles. The summed E-state index contributed by atoms with van der Waals surface area (Å²) in [6.07, 6.45) is -0.439. The Labute approximate surface area is 167 Å². The molecule has 0 aliphatic carbocycles. The lowest BCUT2D eigenvalue weighted by Gasteiger charge is -2.26. The lowest BCUT2D eigenvalue weighted by molar-refractivity contribution is 0.0268. The highest BCUT2D eigenvalue weighted by Gasteiger charge is 2.35. The third-order valence-electron chi connectivity index (χ3n) is 4.55. The van der Waals surface area contributed by atoms with Crippen molar-refractivity contribution in [2.24, 2.45) is 0 Å². The van der Waals surface area contributed by atoms with Crippen molar-refractivity contribution in [1.82, 2.24) is 15.5 Å². The van der Waals surface area contributed by atoms with E-state index in [2.05, 4.69) is 25.3 Å². The van der Waals surface area contributed by atoms with Crippen LogP contribution in [-0.4, -0.2) is 29.8 Å². The molecule has 152 valence electrons. The van der Waals surface area contributed by atoms with Gasteiger partial charge in [0.15, 0.2) is 0 Å². The van der Waals surface area contributed by atoms with E-state index in [9.17, 15) is 18.4 Å². The van der Waals surface area contributed by atoms with Crippen molar-refractivity contribution in [3.05, 3.63) is 61.7 Å². The summed E-state index contributed by atoms with van der Waals surface area (Å²) in [5, 5.41) is 5.85. The van der Waals surface area contributed by atoms with Crippen LogP contribution < -0.4 is 21.5 Å². The molecule has 0 bridgehead atoms. The molecule has 8 nitrogen and oxygen atoms in total. The van der Waals surface area contributed by atoms with E-state index >= 15 is 0 Å². The monoisotopic (exact) mass is 424 g/mol. The van der Waals surface area contributed by atoms with Crippen molar-refractivity contribution in [3.63, 3.8) is 0 Å². The Morgan fingerprint density at radius 1 is 1.24 bits per heavy atom. The van der Waals surface area contributed by atoms with Crippen LogP contribution in [0.15, 0.2) is 38.4 Å². The number of benzene rings is 1. The van der Waals surface area contributed by atoms with Gasteiger partial charge in [0.1, 0.15) is 6.10 Å². The molecule has 2 aromatic carbocycles. The van der Waals surface area contributed by atoms with Crippen molar-refractivity contribution in [2.75, 3.05) is 25.0 Å². The summed E-state index contributed by atoms with van der Waals surface area (Å²) in [4.78, 5) is 27.4. The molecular formula is C18H15ClF2N4O4. The van der Waals surface area contributed by atoms with E-state index in [1.807, 2.05) is 0 Å². The van der Waals surface area contributed by atoms with Gasteiger partial charge in [-0.1, -0.05) is 29.4 Å². The van der Waals surface area contributed by atoms with E-state index in [1.54, 1.807) is 24.3 Å². The predicted octanol–water partition coefficient (Wildman–Crippen LogP) is 1.89. The van der Waals surface area contributed by atoms with Gasteiger partial charge in [0, 0.05) is 25.2 Å². The summed E-state index contributed by atoms with van der Waals surface area (Å²) in [6, 6.07) is 6.66. The SMILES string of the molecule is O=c1c(NCc2ccc(-c3noc(C(F)(F)Cl)n3)cc2)c(C2CNCCO2)c1=O. The number of rotatable bonds is 6. The lowest BCUT2D eigenvalue weighted by Crippen LogP contribution is -2.44. The van der Waals surface area contributed by atoms with Gasteiger partial charge in [-0.15, -0.1) is 0 Å². The van der Waals surface area contributed by atoms with Crippen LogP contribution in [0.1, 0.15) is 23.1 Å². The summed E-state index contributed by atoms with van der Waals surface area (Å²) in [5.74, 6) is -1.00. The van der Waals surface area contributed by atoms with E-state index in [0.717, 1.165) is 5.56 Å². The van der Waals surface area contributed by atoms with Crippen molar-refractivity contribution < 1.29 is 18.0 Å². The number of ether oxygens (including phenoxy) is 1. The van der Waals surface area contributed by atoms with Gasteiger partial charge in [-0.25, -0.2) is 0 Å². The zero-order chi connectivity index (χ0) is 20.6. The Morgan fingerprint density at radius 3 is 2.62 bits per heavy atom. The van der Waals surface area contributed by atoms with Crippen LogP contribution in [-0.2, 0) is 16.7 Å². The smallest absolute Gasteiger partial charge is 0.377 e. The first-order valence-electron chi connectivity index (χ1n) is 8.74. The minimum absolute atomic E-state index is 0.0217. The number of hydrogen-bond acceptors (Lipinski definition) is 8. The molecule has 2 N–H and O–H groups in total. The van der Waals surface area contributed by atoms with E-state index < -0.39 is 28.2 Å². The Bertz CT molecular complexity index is 1080. The molecule has 0 spiro atoms. The number of anilines is 1. The van der Waals surface area contributed by atoms with E-state index in [1.165, 1.54) is 0 Å². The Morgan fingerprint density at radius 2 is 2.00 bits per heavy atom. The maximum atomic E-state index is 13.0. The summed E-state index contributed by atoms with van der Waals surface area (Å²) in [5.41, 5.74) is 0.788. The van der Waals surface area contributed by atoms with E-state index in [0.29, 0.717) is 30.8 Å². The zero-order valence-electron chi connectivity index (χ0n) is 14.9. The first-order valence-corrected chi connectivity index (χ1v) is 9.12. The summed E-state index contributed by atoms with van der Waals surface area (Å²) in [6.45, 7) is 1.93. The molecule has 4 rings (SSSR count). The molecule has 1 fully saturated rings. The molecule has 3 aromatic rings. The van der Waals surface area contributed by atoms with Gasteiger partial charge in [0.2, 0.25) is 16.7 Å². The van der Waals surface area contributed by atoms with Gasteiger partial charge >= 0.3 is 11.3 Å². The maximum Gasteiger partial charge on any atom is 0.400 e. The molecule has 2 heterocycles. The number of nitrogens with zero attached hydrogens (tertiary/aromatic N) is 2. The van der Waals surface area contributed by atoms with Crippen LogP contribution in [0.25, 0.3) is 11.4 Å². The fraction of sp³-hybridized carbons (Fsp3) is 0.333. The molecule has 1 atom stereocenters. The number of nitrogens with one attached hydrogen (secondary N) is 2. The van der Waals surface area contributed by atoms with Crippen LogP contribution in [0.5, 0.6) is 0 Å². The Balaban J connectivity index is 1.44. The highest BCUT2D eigenvalue weighted by Crippen LogP contribution is 2.32. The molecule has 29 heavy (non-hydrogen) atoms. The van der Waals surface area contributed by atoms with Gasteiger partial charge in [0.25, 0.3) is 0 Å². The van der Waals surface area contributed by atoms with Crippen molar-refractivity contribution in [2.45, 2.75) is 18.0 Å². The third kappa shape index (κ3) is 3.91. The highest BCUT2D eigenvalue weighted by molar-refractivity contribution is 6.21. The predicted molar refractivity (Wildman–Crippen MR) is 99.7 cm³/mol. The minimum Gasteiger partial charge on any atom is -0.377 e. The average Bonchev–Trinajstić information content (AvgIpc) is 3.22. The fourth-order valence-electron chi connectivity index (χ4n) is 3.06. The van der Waals surface area contributed by atoms with E-state index in [4.69, 9.17) is 16.3 Å². The number of morpholine rings is 1. The summed E-state index contributed by atoms with van der Waals surface area (Å²) in [7, 11) is 0. The topological polar surface area (TPSA) is 106 Å². The van der Waals surface area contributed by atoms with Crippen molar-refractivity contribution in [1.29, 1.82) is 0 Å². The largest absolute Gasteiger partial charge is 0.400 e. The molecular weight excluding hydrogens is 410 g/mol. The van der Waals surface area contributed by atoms with Gasteiger partial charge in [0.05, 0.1) is 17.9 Å². The Hall–Kier alpha value is -2.69. The molecule has 1 aliphatic rings. The number of alkyl halides is 3. The Kier molecular flexibility index (Phi) is 5.15. The van der Waals surface area contributed by atoms with Crippen LogP contribution >= 0.6 is 11.6 Å². The number of halogens is 3. The number of aromatic nitrogens is 2. The van der Waals surface area contributed by atoms with Crippen LogP contribution in [0, 0.1) is 0 Å². The summed E-state index contributed by atoms with van der Waals surface area (Å²) < 4.78 is 36.0. The molecule has 1 aromatic heterocycles. The van der Waals surface area contributed by atoms with Gasteiger partial charge in [-0.2, -0.15) is 13.8 Å².